The first-order valence-electron chi connectivity index (χ1n) is 7.66. The molecule has 1 aromatic heterocycles. The standard InChI is InChI=1S/C19H14ClF2NO2S/c1-12-2-9-18(23-11-12)19(16-10-14(21)5-8-17(16)22)26(24,25)15-6-3-13(20)4-7-15/h2-11,19H,1H3. The molecule has 0 spiro atoms. The number of sulfone groups is 1. The Morgan fingerprint density at radius 3 is 2.31 bits per heavy atom. The van der Waals surface area contributed by atoms with E-state index in [4.69, 9.17) is 11.6 Å². The highest BCUT2D eigenvalue weighted by Gasteiger charge is 2.34. The number of rotatable bonds is 4. The van der Waals surface area contributed by atoms with Crippen molar-refractivity contribution in [3.05, 3.63) is 94.3 Å². The molecule has 0 fully saturated rings. The zero-order chi connectivity index (χ0) is 18.9. The SMILES string of the molecule is Cc1ccc(C(c2cc(F)ccc2F)S(=O)(=O)c2ccc(Cl)cc2)nc1. The lowest BCUT2D eigenvalue weighted by atomic mass is 10.1. The van der Waals surface area contributed by atoms with Crippen LogP contribution in [0, 0.1) is 18.6 Å². The van der Waals surface area contributed by atoms with E-state index in [1.54, 1.807) is 13.0 Å². The summed E-state index contributed by atoms with van der Waals surface area (Å²) in [5.74, 6) is -1.55. The van der Waals surface area contributed by atoms with Crippen LogP contribution < -0.4 is 0 Å². The second-order valence-electron chi connectivity index (χ2n) is 5.81. The van der Waals surface area contributed by atoms with Crippen molar-refractivity contribution in [1.82, 2.24) is 4.98 Å². The smallest absolute Gasteiger partial charge is 0.191 e. The molecular weight excluding hydrogens is 380 g/mol. The van der Waals surface area contributed by atoms with Gasteiger partial charge in [0.2, 0.25) is 0 Å². The molecule has 0 aliphatic rings. The van der Waals surface area contributed by atoms with Gasteiger partial charge in [-0.05, 0) is 61.0 Å². The quantitative estimate of drug-likeness (QED) is 0.634. The zero-order valence-corrected chi connectivity index (χ0v) is 15.2. The number of hydrogen-bond acceptors (Lipinski definition) is 3. The molecule has 0 saturated heterocycles. The summed E-state index contributed by atoms with van der Waals surface area (Å²) in [6.07, 6.45) is 1.48. The van der Waals surface area contributed by atoms with Crippen molar-refractivity contribution >= 4 is 21.4 Å². The van der Waals surface area contributed by atoms with Crippen LogP contribution in [0.1, 0.15) is 22.1 Å². The van der Waals surface area contributed by atoms with E-state index < -0.39 is 26.7 Å². The minimum atomic E-state index is -4.10. The summed E-state index contributed by atoms with van der Waals surface area (Å²) in [7, 11) is -4.10. The van der Waals surface area contributed by atoms with Crippen molar-refractivity contribution in [2.45, 2.75) is 17.1 Å². The molecule has 7 heteroatoms. The van der Waals surface area contributed by atoms with Crippen LogP contribution in [0.3, 0.4) is 0 Å². The Hall–Kier alpha value is -2.31. The van der Waals surface area contributed by atoms with Crippen molar-refractivity contribution in [1.29, 1.82) is 0 Å². The van der Waals surface area contributed by atoms with Gasteiger partial charge in [0.1, 0.15) is 16.9 Å². The number of pyridine rings is 1. The third kappa shape index (κ3) is 3.61. The summed E-state index contributed by atoms with van der Waals surface area (Å²) in [6, 6.07) is 11.4. The van der Waals surface area contributed by atoms with Gasteiger partial charge in [-0.25, -0.2) is 17.2 Å². The van der Waals surface area contributed by atoms with Gasteiger partial charge in [-0.15, -0.1) is 0 Å². The summed E-state index contributed by atoms with van der Waals surface area (Å²) in [5.41, 5.74) is 0.627. The van der Waals surface area contributed by atoms with Crippen LogP contribution in [0.5, 0.6) is 0 Å². The Bertz CT molecular complexity index is 1040. The van der Waals surface area contributed by atoms with Crippen molar-refractivity contribution in [3.8, 4) is 0 Å². The highest BCUT2D eigenvalue weighted by molar-refractivity contribution is 7.91. The first-order chi connectivity index (χ1) is 12.3. The lowest BCUT2D eigenvalue weighted by Gasteiger charge is -2.19. The summed E-state index contributed by atoms with van der Waals surface area (Å²) in [4.78, 5) is 4.08. The number of nitrogens with zero attached hydrogens (tertiary/aromatic N) is 1. The highest BCUT2D eigenvalue weighted by atomic mass is 35.5. The molecule has 0 amide bonds. The number of aromatic nitrogens is 1. The van der Waals surface area contributed by atoms with E-state index in [9.17, 15) is 17.2 Å². The van der Waals surface area contributed by atoms with Gasteiger partial charge in [0.05, 0.1) is 10.6 Å². The van der Waals surface area contributed by atoms with E-state index in [2.05, 4.69) is 4.98 Å². The summed E-state index contributed by atoms with van der Waals surface area (Å²) in [6.45, 7) is 1.79. The average molecular weight is 394 g/mol. The van der Waals surface area contributed by atoms with Crippen molar-refractivity contribution < 1.29 is 17.2 Å². The molecule has 26 heavy (non-hydrogen) atoms. The Labute approximate surface area is 155 Å². The van der Waals surface area contributed by atoms with E-state index in [0.29, 0.717) is 5.02 Å². The van der Waals surface area contributed by atoms with Gasteiger partial charge in [0, 0.05) is 16.8 Å². The van der Waals surface area contributed by atoms with Crippen molar-refractivity contribution in [3.63, 3.8) is 0 Å². The number of hydrogen-bond donors (Lipinski definition) is 0. The lowest BCUT2D eigenvalue weighted by Crippen LogP contribution is -2.18. The highest BCUT2D eigenvalue weighted by Crippen LogP contribution is 2.36. The van der Waals surface area contributed by atoms with Gasteiger partial charge in [-0.3, -0.25) is 4.98 Å². The summed E-state index contributed by atoms with van der Waals surface area (Å²) >= 11 is 5.82. The van der Waals surface area contributed by atoms with Crippen molar-refractivity contribution in [2.24, 2.45) is 0 Å². The molecule has 0 aliphatic heterocycles. The first kappa shape index (κ1) is 18.5. The van der Waals surface area contributed by atoms with Crippen LogP contribution in [0.2, 0.25) is 5.02 Å². The summed E-state index contributed by atoms with van der Waals surface area (Å²) < 4.78 is 54.6. The maximum Gasteiger partial charge on any atom is 0.191 e. The van der Waals surface area contributed by atoms with E-state index in [1.165, 1.54) is 36.5 Å². The Morgan fingerprint density at radius 1 is 1.00 bits per heavy atom. The van der Waals surface area contributed by atoms with Crippen LogP contribution in [-0.2, 0) is 9.84 Å². The molecule has 0 aliphatic carbocycles. The lowest BCUT2D eigenvalue weighted by molar-refractivity contribution is 0.568. The molecule has 134 valence electrons. The summed E-state index contributed by atoms with van der Waals surface area (Å²) in [5, 5.41) is -1.12. The average Bonchev–Trinajstić information content (AvgIpc) is 2.60. The number of aryl methyl sites for hydroxylation is 1. The minimum Gasteiger partial charge on any atom is -0.259 e. The van der Waals surface area contributed by atoms with Crippen LogP contribution in [-0.4, -0.2) is 13.4 Å². The van der Waals surface area contributed by atoms with Crippen LogP contribution >= 0.6 is 11.6 Å². The topological polar surface area (TPSA) is 47.0 Å². The number of halogens is 3. The second kappa shape index (κ2) is 7.13. The number of benzene rings is 2. The molecule has 3 nitrogen and oxygen atoms in total. The fraction of sp³-hybridized carbons (Fsp3) is 0.105. The molecular formula is C19H14ClF2NO2S. The first-order valence-corrected chi connectivity index (χ1v) is 9.58. The van der Waals surface area contributed by atoms with Gasteiger partial charge in [-0.2, -0.15) is 0 Å². The predicted molar refractivity (Wildman–Crippen MR) is 95.8 cm³/mol. The third-order valence-electron chi connectivity index (χ3n) is 3.90. The molecule has 3 rings (SSSR count). The van der Waals surface area contributed by atoms with Gasteiger partial charge >= 0.3 is 0 Å². The molecule has 3 aromatic rings. The third-order valence-corrected chi connectivity index (χ3v) is 6.19. The predicted octanol–water partition coefficient (Wildman–Crippen LogP) is 4.88. The van der Waals surface area contributed by atoms with Crippen LogP contribution in [0.15, 0.2) is 65.7 Å². The van der Waals surface area contributed by atoms with E-state index in [1.807, 2.05) is 0 Å². The molecule has 1 unspecified atom stereocenters. The van der Waals surface area contributed by atoms with Gasteiger partial charge < -0.3 is 0 Å². The minimum absolute atomic E-state index is 0.0575. The molecule has 1 atom stereocenters. The van der Waals surface area contributed by atoms with Crippen LogP contribution in [0.25, 0.3) is 0 Å². The maximum atomic E-state index is 14.4. The second-order valence-corrected chi connectivity index (χ2v) is 8.27. The fourth-order valence-corrected chi connectivity index (χ4v) is 4.48. The van der Waals surface area contributed by atoms with Crippen molar-refractivity contribution in [2.75, 3.05) is 0 Å². The van der Waals surface area contributed by atoms with Gasteiger partial charge in [-0.1, -0.05) is 17.7 Å². The fourth-order valence-electron chi connectivity index (χ4n) is 2.60. The molecule has 0 N–H and O–H groups in total. The molecule has 1 heterocycles. The Balaban J connectivity index is 2.25. The molecule has 0 saturated carbocycles. The molecule has 0 radical (unpaired) electrons. The van der Waals surface area contributed by atoms with Crippen LogP contribution in [0.4, 0.5) is 8.78 Å². The van der Waals surface area contributed by atoms with Gasteiger partial charge in [0.15, 0.2) is 9.84 Å². The largest absolute Gasteiger partial charge is 0.259 e. The Kier molecular flexibility index (Phi) is 5.07. The van der Waals surface area contributed by atoms with E-state index in [0.717, 1.165) is 23.8 Å². The monoisotopic (exact) mass is 393 g/mol. The molecule has 0 bridgehead atoms. The van der Waals surface area contributed by atoms with Gasteiger partial charge in [0.25, 0.3) is 0 Å². The normalized spacial score (nSPS) is 12.8. The maximum absolute atomic E-state index is 14.4. The Morgan fingerprint density at radius 2 is 1.69 bits per heavy atom. The zero-order valence-electron chi connectivity index (χ0n) is 13.7. The molecule has 2 aromatic carbocycles. The van der Waals surface area contributed by atoms with E-state index >= 15 is 0 Å². The van der Waals surface area contributed by atoms with E-state index in [-0.39, 0.29) is 16.2 Å².